The summed E-state index contributed by atoms with van der Waals surface area (Å²) in [6, 6.07) is 6.60. The molecular weight excluding hydrogens is 281 g/mol. The number of nitrogens with one attached hydrogen (secondary N) is 1. The van der Waals surface area contributed by atoms with Crippen LogP contribution in [0.4, 0.5) is 4.39 Å². The van der Waals surface area contributed by atoms with Gasteiger partial charge in [0.05, 0.1) is 0 Å². The maximum Gasteiger partial charge on any atom is 0.250 e. The molecule has 1 aromatic heterocycles. The fraction of sp³-hybridized carbons (Fsp3) is 0.286. The number of nitrogens with zero attached hydrogens (tertiary/aromatic N) is 2. The molecule has 0 spiro atoms. The van der Waals surface area contributed by atoms with Crippen molar-refractivity contribution in [1.82, 2.24) is 15.5 Å². The highest BCUT2D eigenvalue weighted by atomic mass is 35.5. The first-order valence-electron chi connectivity index (χ1n) is 6.11. The topological polar surface area (TPSA) is 51.0 Å². The first-order valence-corrected chi connectivity index (χ1v) is 6.11. The van der Waals surface area contributed by atoms with Gasteiger partial charge in [-0.3, -0.25) is 0 Å². The quantitative estimate of drug-likeness (QED) is 0.922. The highest BCUT2D eigenvalue weighted by Crippen LogP contribution is 2.09. The maximum absolute atomic E-state index is 13.0. The van der Waals surface area contributed by atoms with Crippen LogP contribution in [0.3, 0.4) is 0 Å². The minimum atomic E-state index is -0.267. The van der Waals surface area contributed by atoms with Crippen molar-refractivity contribution in [3.05, 3.63) is 47.4 Å². The lowest BCUT2D eigenvalue weighted by atomic mass is 10.2. The molecule has 0 aliphatic heterocycles. The second kappa shape index (κ2) is 7.77. The molecule has 0 amide bonds. The molecule has 0 saturated heterocycles. The molecule has 0 saturated carbocycles. The molecule has 1 atom stereocenters. The Hall–Kier alpha value is -1.72. The van der Waals surface area contributed by atoms with Crippen molar-refractivity contribution in [1.29, 1.82) is 0 Å². The zero-order valence-corrected chi connectivity index (χ0v) is 12.2. The zero-order valence-electron chi connectivity index (χ0n) is 11.3. The monoisotopic (exact) mass is 297 g/mol. The average Bonchev–Trinajstić information content (AvgIpc) is 2.84. The fourth-order valence-corrected chi connectivity index (χ4v) is 1.57. The van der Waals surface area contributed by atoms with E-state index < -0.39 is 0 Å². The van der Waals surface area contributed by atoms with Gasteiger partial charge in [0.15, 0.2) is 5.82 Å². The van der Waals surface area contributed by atoms with E-state index in [9.17, 15) is 4.39 Å². The first-order chi connectivity index (χ1) is 9.17. The van der Waals surface area contributed by atoms with E-state index in [-0.39, 0.29) is 24.3 Å². The number of aromatic nitrogens is 2. The number of benzene rings is 1. The van der Waals surface area contributed by atoms with Gasteiger partial charge in [-0.05, 0) is 37.7 Å². The molecule has 0 fully saturated rings. The van der Waals surface area contributed by atoms with E-state index in [4.69, 9.17) is 4.52 Å². The van der Waals surface area contributed by atoms with Crippen molar-refractivity contribution in [3.63, 3.8) is 0 Å². The molecular formula is C14H17ClFN3O. The van der Waals surface area contributed by atoms with E-state index in [2.05, 4.69) is 15.5 Å². The summed E-state index contributed by atoms with van der Waals surface area (Å²) in [5.41, 5.74) is 0.753. The van der Waals surface area contributed by atoms with Crippen LogP contribution in [0.5, 0.6) is 0 Å². The lowest BCUT2D eigenvalue weighted by Gasteiger charge is -2.04. The molecule has 2 rings (SSSR count). The van der Waals surface area contributed by atoms with E-state index in [0.717, 1.165) is 5.56 Å². The van der Waals surface area contributed by atoms with Crippen LogP contribution in [-0.4, -0.2) is 23.2 Å². The highest BCUT2D eigenvalue weighted by molar-refractivity contribution is 5.85. The van der Waals surface area contributed by atoms with Crippen molar-refractivity contribution in [2.75, 3.05) is 7.05 Å². The second-order valence-electron chi connectivity index (χ2n) is 4.33. The van der Waals surface area contributed by atoms with E-state index >= 15 is 0 Å². The summed E-state index contributed by atoms with van der Waals surface area (Å²) in [6.07, 6.45) is 4.12. The third-order valence-electron chi connectivity index (χ3n) is 2.73. The predicted octanol–water partition coefficient (Wildman–Crippen LogP) is 2.95. The van der Waals surface area contributed by atoms with Crippen LogP contribution in [0.15, 0.2) is 28.8 Å². The summed E-state index contributed by atoms with van der Waals surface area (Å²) in [4.78, 5) is 4.24. The average molecular weight is 298 g/mol. The summed E-state index contributed by atoms with van der Waals surface area (Å²) in [6.45, 7) is 2.04. The molecule has 20 heavy (non-hydrogen) atoms. The van der Waals surface area contributed by atoms with Crippen LogP contribution >= 0.6 is 12.4 Å². The van der Waals surface area contributed by atoms with E-state index in [0.29, 0.717) is 18.1 Å². The van der Waals surface area contributed by atoms with E-state index in [1.165, 1.54) is 12.1 Å². The molecule has 4 nitrogen and oxygen atoms in total. The van der Waals surface area contributed by atoms with Crippen LogP contribution in [0.2, 0.25) is 0 Å². The van der Waals surface area contributed by atoms with Crippen LogP contribution in [0, 0.1) is 5.82 Å². The van der Waals surface area contributed by atoms with Crippen LogP contribution in [0.1, 0.15) is 24.2 Å². The Morgan fingerprint density at radius 3 is 2.90 bits per heavy atom. The molecule has 0 aliphatic carbocycles. The van der Waals surface area contributed by atoms with Crippen molar-refractivity contribution < 1.29 is 8.91 Å². The van der Waals surface area contributed by atoms with Crippen LogP contribution < -0.4 is 5.32 Å². The highest BCUT2D eigenvalue weighted by Gasteiger charge is 2.07. The van der Waals surface area contributed by atoms with Gasteiger partial charge in [-0.25, -0.2) is 4.39 Å². The lowest BCUT2D eigenvalue weighted by Crippen LogP contribution is -2.24. The molecule has 1 unspecified atom stereocenters. The molecule has 0 radical (unpaired) electrons. The largest absolute Gasteiger partial charge is 0.335 e. The Labute approximate surface area is 123 Å². The first kappa shape index (κ1) is 16.3. The number of rotatable bonds is 5. The SMILES string of the molecule is CNC(C)Cc1noc(/C=C/c2cccc(F)c2)n1.Cl. The van der Waals surface area contributed by atoms with Gasteiger partial charge in [0.2, 0.25) is 0 Å². The molecule has 0 bridgehead atoms. The number of hydrogen-bond donors (Lipinski definition) is 1. The fourth-order valence-electron chi connectivity index (χ4n) is 1.57. The third-order valence-corrected chi connectivity index (χ3v) is 2.73. The molecule has 108 valence electrons. The normalized spacial score (nSPS) is 12.3. The second-order valence-corrected chi connectivity index (χ2v) is 4.33. The van der Waals surface area contributed by atoms with Crippen molar-refractivity contribution >= 4 is 24.6 Å². The summed E-state index contributed by atoms with van der Waals surface area (Å²) in [7, 11) is 1.88. The van der Waals surface area contributed by atoms with E-state index in [1.807, 2.05) is 14.0 Å². The standard InChI is InChI=1S/C14H16FN3O.ClH/c1-10(16-2)8-13-17-14(19-18-13)7-6-11-4-3-5-12(15)9-11;/h3-7,9-10,16H,8H2,1-2H3;1H/b7-6+;. The predicted molar refractivity (Wildman–Crippen MR) is 79.1 cm³/mol. The van der Waals surface area contributed by atoms with E-state index in [1.54, 1.807) is 24.3 Å². The Bertz CT molecular complexity index is 571. The Morgan fingerprint density at radius 1 is 1.40 bits per heavy atom. The van der Waals surface area contributed by atoms with Gasteiger partial charge in [0.25, 0.3) is 5.89 Å². The van der Waals surface area contributed by atoms with Gasteiger partial charge in [-0.1, -0.05) is 17.3 Å². The molecule has 1 aromatic carbocycles. The summed E-state index contributed by atoms with van der Waals surface area (Å²) < 4.78 is 18.1. The van der Waals surface area contributed by atoms with Crippen LogP contribution in [0.25, 0.3) is 12.2 Å². The van der Waals surface area contributed by atoms with Gasteiger partial charge in [0.1, 0.15) is 5.82 Å². The molecule has 6 heteroatoms. The summed E-state index contributed by atoms with van der Waals surface area (Å²) in [5, 5.41) is 6.99. The minimum Gasteiger partial charge on any atom is -0.335 e. The van der Waals surface area contributed by atoms with Gasteiger partial charge in [-0.2, -0.15) is 4.98 Å². The minimum absolute atomic E-state index is 0. The Morgan fingerprint density at radius 2 is 2.20 bits per heavy atom. The molecule has 2 aromatic rings. The van der Waals surface area contributed by atoms with Crippen molar-refractivity contribution in [2.45, 2.75) is 19.4 Å². The Balaban J connectivity index is 0.00000200. The summed E-state index contributed by atoms with van der Waals surface area (Å²) in [5.74, 6) is 0.805. The zero-order chi connectivity index (χ0) is 13.7. The van der Waals surface area contributed by atoms with Crippen molar-refractivity contribution in [3.8, 4) is 0 Å². The third kappa shape index (κ3) is 4.75. The smallest absolute Gasteiger partial charge is 0.250 e. The molecule has 1 N–H and O–H groups in total. The van der Waals surface area contributed by atoms with Gasteiger partial charge >= 0.3 is 0 Å². The Kier molecular flexibility index (Phi) is 6.35. The van der Waals surface area contributed by atoms with Crippen LogP contribution in [-0.2, 0) is 6.42 Å². The number of hydrogen-bond acceptors (Lipinski definition) is 4. The molecule has 0 aliphatic rings. The number of halogens is 2. The van der Waals surface area contributed by atoms with Gasteiger partial charge < -0.3 is 9.84 Å². The summed E-state index contributed by atoms with van der Waals surface area (Å²) >= 11 is 0. The van der Waals surface area contributed by atoms with Gasteiger partial charge in [0, 0.05) is 18.5 Å². The van der Waals surface area contributed by atoms with Crippen molar-refractivity contribution in [2.24, 2.45) is 0 Å². The molecule has 1 heterocycles. The van der Waals surface area contributed by atoms with Gasteiger partial charge in [-0.15, -0.1) is 12.4 Å². The lowest BCUT2D eigenvalue weighted by molar-refractivity contribution is 0.400. The maximum atomic E-state index is 13.0. The number of likely N-dealkylation sites (N-methyl/N-ethyl adjacent to an activating group) is 1.